The summed E-state index contributed by atoms with van der Waals surface area (Å²) in [5.74, 6) is -1.89. The van der Waals surface area contributed by atoms with E-state index in [1.165, 1.54) is 16.0 Å². The second kappa shape index (κ2) is 13.4. The number of ether oxygens (including phenoxy) is 1. The van der Waals surface area contributed by atoms with E-state index >= 15 is 0 Å². The van der Waals surface area contributed by atoms with Crippen LogP contribution in [0, 0.1) is 11.8 Å². The van der Waals surface area contributed by atoms with Crippen molar-refractivity contribution in [2.24, 2.45) is 11.8 Å². The molecular formula is C36H49N5O7S. The van der Waals surface area contributed by atoms with Crippen molar-refractivity contribution in [2.45, 2.75) is 120 Å². The molecule has 0 spiro atoms. The first-order chi connectivity index (χ1) is 23.5. The van der Waals surface area contributed by atoms with E-state index < -0.39 is 62.8 Å². The van der Waals surface area contributed by atoms with Crippen molar-refractivity contribution in [3.63, 3.8) is 0 Å². The molecule has 6 atom stereocenters. The molecule has 49 heavy (non-hydrogen) atoms. The molecule has 4 fully saturated rings. The Hall–Kier alpha value is -3.45. The molecule has 0 aromatic heterocycles. The maximum absolute atomic E-state index is 14.4. The second-order valence-electron chi connectivity index (χ2n) is 15.1. The minimum atomic E-state index is -3.84. The van der Waals surface area contributed by atoms with Gasteiger partial charge in [0.2, 0.25) is 21.8 Å². The molecule has 4 aliphatic heterocycles. The molecule has 7 rings (SSSR count). The second-order valence-corrected chi connectivity index (χ2v) is 17.1. The van der Waals surface area contributed by atoms with Gasteiger partial charge in [0.25, 0.3) is 5.91 Å². The van der Waals surface area contributed by atoms with Crippen LogP contribution in [0.3, 0.4) is 0 Å². The zero-order valence-corrected chi connectivity index (χ0v) is 29.2. The van der Waals surface area contributed by atoms with Crippen molar-refractivity contribution in [1.82, 2.24) is 24.7 Å². The van der Waals surface area contributed by atoms with Crippen LogP contribution in [-0.4, -0.2) is 95.5 Å². The van der Waals surface area contributed by atoms with Gasteiger partial charge in [-0.3, -0.25) is 28.9 Å². The van der Waals surface area contributed by atoms with Gasteiger partial charge >= 0.3 is 6.09 Å². The highest BCUT2D eigenvalue weighted by atomic mass is 32.2. The topological polar surface area (TPSA) is 145 Å². The summed E-state index contributed by atoms with van der Waals surface area (Å²) < 4.78 is 33.5. The monoisotopic (exact) mass is 695 g/mol. The van der Waals surface area contributed by atoms with Crippen LogP contribution in [0.2, 0.25) is 0 Å². The Kier molecular flexibility index (Phi) is 9.27. The average Bonchev–Trinajstić information content (AvgIpc) is 3.91. The zero-order valence-electron chi connectivity index (χ0n) is 28.4. The molecule has 6 aliphatic rings. The number of sulfonamides is 1. The van der Waals surface area contributed by atoms with E-state index in [0.29, 0.717) is 25.9 Å². The highest BCUT2D eigenvalue weighted by Crippen LogP contribution is 2.45. The van der Waals surface area contributed by atoms with E-state index in [-0.39, 0.29) is 31.2 Å². The van der Waals surface area contributed by atoms with Crippen molar-refractivity contribution in [3.8, 4) is 0 Å². The molecule has 4 amide bonds. The summed E-state index contributed by atoms with van der Waals surface area (Å²) in [6.45, 7) is 8.42. The summed E-state index contributed by atoms with van der Waals surface area (Å²) in [4.78, 5) is 61.1. The van der Waals surface area contributed by atoms with Crippen molar-refractivity contribution in [1.29, 1.82) is 0 Å². The number of benzene rings is 1. The number of amides is 4. The number of rotatable bonds is 6. The Morgan fingerprint density at radius 2 is 1.78 bits per heavy atom. The summed E-state index contributed by atoms with van der Waals surface area (Å²) in [5, 5.41) is 2.25. The summed E-state index contributed by atoms with van der Waals surface area (Å²) in [5.41, 5.74) is 2.10. The molecule has 4 heterocycles. The maximum atomic E-state index is 14.4. The lowest BCUT2D eigenvalue weighted by molar-refractivity contribution is -0.143. The summed E-state index contributed by atoms with van der Waals surface area (Å²) >= 11 is 0. The lowest BCUT2D eigenvalue weighted by Crippen LogP contribution is -2.58. The van der Waals surface area contributed by atoms with Crippen LogP contribution >= 0.6 is 0 Å². The van der Waals surface area contributed by atoms with Gasteiger partial charge in [-0.05, 0) is 80.6 Å². The van der Waals surface area contributed by atoms with Crippen LogP contribution < -0.4 is 10.0 Å². The van der Waals surface area contributed by atoms with E-state index in [1.807, 2.05) is 0 Å². The Bertz CT molecular complexity index is 1630. The van der Waals surface area contributed by atoms with E-state index in [4.69, 9.17) is 4.74 Å². The van der Waals surface area contributed by atoms with Crippen molar-refractivity contribution in [2.75, 3.05) is 19.6 Å². The minimum absolute atomic E-state index is 0.0614. The third-order valence-electron chi connectivity index (χ3n) is 11.7. The van der Waals surface area contributed by atoms with Crippen molar-refractivity contribution < 1.29 is 32.3 Å². The molecule has 1 aromatic rings. The number of hydrogen-bond donors (Lipinski definition) is 2. The molecule has 2 N–H and O–H groups in total. The van der Waals surface area contributed by atoms with Crippen LogP contribution in [0.5, 0.6) is 0 Å². The molecule has 4 bridgehead atoms. The first-order valence-corrected chi connectivity index (χ1v) is 19.7. The number of nitrogens with zero attached hydrogens (tertiary/aromatic N) is 3. The fraction of sp³-hybridized carbons (Fsp3) is 0.667. The lowest BCUT2D eigenvalue weighted by atomic mass is 9.98. The molecule has 2 saturated carbocycles. The van der Waals surface area contributed by atoms with Crippen LogP contribution in [0.4, 0.5) is 4.79 Å². The molecule has 266 valence electrons. The number of hydrogen-bond acceptors (Lipinski definition) is 8. The Labute approximate surface area is 289 Å². The third-order valence-corrected chi connectivity index (χ3v) is 13.5. The van der Waals surface area contributed by atoms with Crippen LogP contribution in [0.25, 0.3) is 0 Å². The molecule has 0 unspecified atom stereocenters. The summed E-state index contributed by atoms with van der Waals surface area (Å²) in [6.07, 6.45) is 8.85. The number of carbonyl (C=O) groups is 4. The highest BCUT2D eigenvalue weighted by Gasteiger charge is 2.62. The normalized spacial score (nSPS) is 32.4. The van der Waals surface area contributed by atoms with Gasteiger partial charge in [-0.1, -0.05) is 50.5 Å². The van der Waals surface area contributed by atoms with Crippen molar-refractivity contribution in [3.05, 3.63) is 47.5 Å². The number of fused-ring (bicyclic) bond motifs is 4. The van der Waals surface area contributed by atoms with Crippen LogP contribution in [0.15, 0.2) is 30.9 Å². The van der Waals surface area contributed by atoms with Crippen LogP contribution in [0.1, 0.15) is 87.8 Å². The van der Waals surface area contributed by atoms with Gasteiger partial charge in [0.15, 0.2) is 0 Å². The van der Waals surface area contributed by atoms with Gasteiger partial charge in [0.05, 0.1) is 17.8 Å². The van der Waals surface area contributed by atoms with E-state index in [0.717, 1.165) is 63.6 Å². The first kappa shape index (κ1) is 34.0. The fourth-order valence-electron chi connectivity index (χ4n) is 8.47. The Morgan fingerprint density at radius 3 is 2.53 bits per heavy atom. The van der Waals surface area contributed by atoms with Crippen LogP contribution in [-0.2, 0) is 48.7 Å². The molecule has 0 radical (unpaired) electrons. The zero-order chi connectivity index (χ0) is 34.5. The minimum Gasteiger partial charge on any atom is -0.444 e. The third kappa shape index (κ3) is 6.72. The number of aryl methyl sites for hydroxylation is 1. The quantitative estimate of drug-likeness (QED) is 0.433. The van der Waals surface area contributed by atoms with Gasteiger partial charge in [-0.25, -0.2) is 13.2 Å². The van der Waals surface area contributed by atoms with E-state index in [2.05, 4.69) is 46.6 Å². The highest BCUT2D eigenvalue weighted by molar-refractivity contribution is 7.91. The largest absolute Gasteiger partial charge is 0.444 e. The van der Waals surface area contributed by atoms with E-state index in [1.54, 1.807) is 11.0 Å². The summed E-state index contributed by atoms with van der Waals surface area (Å²) in [7, 11) is -3.84. The molecule has 2 aliphatic carbocycles. The molecule has 1 aromatic carbocycles. The average molecular weight is 696 g/mol. The summed E-state index contributed by atoms with van der Waals surface area (Å²) in [6, 6.07) is 4.86. The number of nitrogens with one attached hydrogen (secondary N) is 2. The van der Waals surface area contributed by atoms with E-state index in [9.17, 15) is 27.6 Å². The van der Waals surface area contributed by atoms with Gasteiger partial charge in [-0.2, -0.15) is 0 Å². The molecule has 2 saturated heterocycles. The SMILES string of the molecule is C=C[C@@H]1C[C@]1(NC(=O)[C@@H]1C[C@@H]2CN1C(=O)[C@H]1[C@@H](C)CCN1CCCCCCCc1cccc3c1CN(C3)C(=O)O2)C(=O)NS(=O)(=O)C1CC1. The van der Waals surface area contributed by atoms with Crippen molar-refractivity contribution >= 4 is 33.8 Å². The number of carbonyl (C=O) groups excluding carboxylic acids is 4. The molecular weight excluding hydrogens is 646 g/mol. The predicted octanol–water partition coefficient (Wildman–Crippen LogP) is 2.99. The lowest BCUT2D eigenvalue weighted by Gasteiger charge is -2.33. The standard InChI is InChI=1S/C36H49N5O7S/c1-3-26-19-36(26,34(44)38-49(46,47)28-13-14-28)37-32(42)30-18-27-21-41(30)33(43)31-23(2)15-17-39(31)16-8-6-4-5-7-10-24-11-9-12-25-20-40(22-29(24)25)35(45)48-27/h3,9,11-12,23,26-28,30-31H,1,4-8,10,13-22H2,2H3,(H,37,42)(H,38,44)/t23-,26+,27+,30-,31+,36+/m0/s1. The molecule has 12 nitrogen and oxygen atoms in total. The smallest absolute Gasteiger partial charge is 0.410 e. The first-order valence-electron chi connectivity index (χ1n) is 18.1. The predicted molar refractivity (Wildman–Crippen MR) is 181 cm³/mol. The van der Waals surface area contributed by atoms with Gasteiger partial charge in [0, 0.05) is 25.4 Å². The maximum Gasteiger partial charge on any atom is 0.410 e. The fourth-order valence-corrected chi connectivity index (χ4v) is 9.84. The van der Waals surface area contributed by atoms with Gasteiger partial charge < -0.3 is 15.0 Å². The Morgan fingerprint density at radius 1 is 1.02 bits per heavy atom. The van der Waals surface area contributed by atoms with Gasteiger partial charge in [-0.15, -0.1) is 6.58 Å². The van der Waals surface area contributed by atoms with Gasteiger partial charge in [0.1, 0.15) is 17.7 Å². The molecule has 13 heteroatoms. The Balaban J connectivity index is 1.13.